The first kappa shape index (κ1) is 11.5. The van der Waals surface area contributed by atoms with Gasteiger partial charge in [0.05, 0.1) is 0 Å². The molecule has 0 nitrogen and oxygen atoms in total. The van der Waals surface area contributed by atoms with Crippen molar-refractivity contribution in [1.29, 1.82) is 0 Å². The summed E-state index contributed by atoms with van der Waals surface area (Å²) in [4.78, 5) is 0. The molecule has 0 atom stereocenters. The molecule has 12 heavy (non-hydrogen) atoms. The number of hydrogen-bond acceptors (Lipinski definition) is 0. The molecule has 0 fully saturated rings. The van der Waals surface area contributed by atoms with Gasteiger partial charge in [0.1, 0.15) is 0 Å². The lowest BCUT2D eigenvalue weighted by Crippen LogP contribution is -1.79. The maximum Gasteiger partial charge on any atom is -0.0282 e. The lowest BCUT2D eigenvalue weighted by atomic mass is 10.1. The van der Waals surface area contributed by atoms with Crippen LogP contribution in [0.4, 0.5) is 0 Å². The van der Waals surface area contributed by atoms with E-state index >= 15 is 0 Å². The first-order valence-corrected chi connectivity index (χ1v) is 5.16. The van der Waals surface area contributed by atoms with Crippen molar-refractivity contribution in [2.75, 3.05) is 0 Å². The van der Waals surface area contributed by atoms with Crippen molar-refractivity contribution in [3.8, 4) is 0 Å². The lowest BCUT2D eigenvalue weighted by molar-refractivity contribution is 0.778. The smallest absolute Gasteiger partial charge is 0.0282 e. The Kier molecular flexibility index (Phi) is 8.20. The molecule has 0 unspecified atom stereocenters. The Morgan fingerprint density at radius 3 is 2.33 bits per heavy atom. The molecular weight excluding hydrogens is 144 g/mol. The van der Waals surface area contributed by atoms with E-state index in [-0.39, 0.29) is 0 Å². The van der Waals surface area contributed by atoms with Crippen molar-refractivity contribution < 1.29 is 0 Å². The van der Waals surface area contributed by atoms with Gasteiger partial charge >= 0.3 is 0 Å². The Morgan fingerprint density at radius 2 is 1.83 bits per heavy atom. The molecule has 0 bridgehead atoms. The SMILES string of the molecule is C=C/C(=C\CCCC)CCCC. The van der Waals surface area contributed by atoms with Gasteiger partial charge < -0.3 is 0 Å². The van der Waals surface area contributed by atoms with Crippen LogP contribution in [0.15, 0.2) is 24.3 Å². The summed E-state index contributed by atoms with van der Waals surface area (Å²) in [6.45, 7) is 8.28. The fraction of sp³-hybridized carbons (Fsp3) is 0.667. The second-order valence-electron chi connectivity index (χ2n) is 3.23. The Bertz CT molecular complexity index is 131. The molecule has 0 radical (unpaired) electrons. The minimum Gasteiger partial charge on any atom is -0.0988 e. The fourth-order valence-corrected chi connectivity index (χ4v) is 1.16. The molecule has 0 aliphatic rings. The van der Waals surface area contributed by atoms with Gasteiger partial charge in [0.15, 0.2) is 0 Å². The van der Waals surface area contributed by atoms with Crippen LogP contribution < -0.4 is 0 Å². The maximum absolute atomic E-state index is 3.82. The summed E-state index contributed by atoms with van der Waals surface area (Å²) in [6, 6.07) is 0. The average molecular weight is 166 g/mol. The van der Waals surface area contributed by atoms with Gasteiger partial charge in [0.25, 0.3) is 0 Å². The Hall–Kier alpha value is -0.520. The summed E-state index contributed by atoms with van der Waals surface area (Å²) in [6.07, 6.45) is 11.9. The van der Waals surface area contributed by atoms with E-state index in [4.69, 9.17) is 0 Å². The predicted molar refractivity (Wildman–Crippen MR) is 57.3 cm³/mol. The van der Waals surface area contributed by atoms with Crippen LogP contribution in [0.5, 0.6) is 0 Å². The summed E-state index contributed by atoms with van der Waals surface area (Å²) in [5, 5.41) is 0. The van der Waals surface area contributed by atoms with Crippen molar-refractivity contribution in [3.05, 3.63) is 24.3 Å². The van der Waals surface area contributed by atoms with Gasteiger partial charge in [0.2, 0.25) is 0 Å². The third-order valence-corrected chi connectivity index (χ3v) is 2.05. The number of rotatable bonds is 7. The van der Waals surface area contributed by atoms with Gasteiger partial charge in [-0.15, -0.1) is 0 Å². The molecule has 0 saturated carbocycles. The first-order valence-electron chi connectivity index (χ1n) is 5.16. The number of unbranched alkanes of at least 4 members (excludes halogenated alkanes) is 3. The summed E-state index contributed by atoms with van der Waals surface area (Å²) < 4.78 is 0. The second kappa shape index (κ2) is 8.58. The zero-order valence-electron chi connectivity index (χ0n) is 8.60. The van der Waals surface area contributed by atoms with Crippen molar-refractivity contribution in [2.45, 2.75) is 52.4 Å². The van der Waals surface area contributed by atoms with E-state index in [0.717, 1.165) is 0 Å². The van der Waals surface area contributed by atoms with Crippen molar-refractivity contribution in [2.24, 2.45) is 0 Å². The molecule has 70 valence electrons. The highest BCUT2D eigenvalue weighted by atomic mass is 14.0. The van der Waals surface area contributed by atoms with Crippen LogP contribution in [0, 0.1) is 0 Å². The summed E-state index contributed by atoms with van der Waals surface area (Å²) in [5.74, 6) is 0. The molecular formula is C12H22. The van der Waals surface area contributed by atoms with E-state index < -0.39 is 0 Å². The molecule has 0 aromatic carbocycles. The van der Waals surface area contributed by atoms with Gasteiger partial charge in [-0.25, -0.2) is 0 Å². The van der Waals surface area contributed by atoms with Gasteiger partial charge in [0, 0.05) is 0 Å². The largest absolute Gasteiger partial charge is 0.0988 e. The monoisotopic (exact) mass is 166 g/mol. The molecule has 0 aromatic heterocycles. The van der Waals surface area contributed by atoms with Crippen LogP contribution >= 0.6 is 0 Å². The van der Waals surface area contributed by atoms with Crippen molar-refractivity contribution in [1.82, 2.24) is 0 Å². The Balaban J connectivity index is 3.62. The molecule has 0 aliphatic heterocycles. The summed E-state index contributed by atoms with van der Waals surface area (Å²) in [7, 11) is 0. The predicted octanol–water partition coefficient (Wildman–Crippen LogP) is 4.48. The molecule has 0 heteroatoms. The lowest BCUT2D eigenvalue weighted by Gasteiger charge is -1.99. The van der Waals surface area contributed by atoms with Gasteiger partial charge in [-0.1, -0.05) is 57.4 Å². The van der Waals surface area contributed by atoms with E-state index in [1.807, 2.05) is 6.08 Å². The molecule has 0 saturated heterocycles. The number of hydrogen-bond donors (Lipinski definition) is 0. The van der Waals surface area contributed by atoms with Crippen LogP contribution in [0.1, 0.15) is 52.4 Å². The molecule has 0 rings (SSSR count). The van der Waals surface area contributed by atoms with Crippen LogP contribution in [0.3, 0.4) is 0 Å². The van der Waals surface area contributed by atoms with Gasteiger partial charge in [-0.2, -0.15) is 0 Å². The first-order chi connectivity index (χ1) is 5.85. The topological polar surface area (TPSA) is 0 Å². The van der Waals surface area contributed by atoms with E-state index in [0.29, 0.717) is 0 Å². The van der Waals surface area contributed by atoms with E-state index in [9.17, 15) is 0 Å². The normalized spacial score (nSPS) is 11.7. The van der Waals surface area contributed by atoms with Crippen molar-refractivity contribution in [3.63, 3.8) is 0 Å². The van der Waals surface area contributed by atoms with Crippen LogP contribution in [0.2, 0.25) is 0 Å². The molecule has 0 aliphatic carbocycles. The Morgan fingerprint density at radius 1 is 1.17 bits per heavy atom. The maximum atomic E-state index is 3.82. The van der Waals surface area contributed by atoms with Crippen molar-refractivity contribution >= 4 is 0 Å². The zero-order chi connectivity index (χ0) is 9.23. The standard InChI is InChI=1S/C12H22/c1-4-7-9-11-12(6-3)10-8-5-2/h6,11H,3-5,7-10H2,1-2H3/b12-11+. The minimum absolute atomic E-state index is 1.21. The highest BCUT2D eigenvalue weighted by Gasteiger charge is 1.90. The quantitative estimate of drug-likeness (QED) is 0.386. The summed E-state index contributed by atoms with van der Waals surface area (Å²) >= 11 is 0. The van der Waals surface area contributed by atoms with Crippen LogP contribution in [0.25, 0.3) is 0 Å². The molecule has 0 amide bonds. The van der Waals surface area contributed by atoms with Gasteiger partial charge in [-0.3, -0.25) is 0 Å². The number of allylic oxidation sites excluding steroid dienone is 3. The molecule has 0 heterocycles. The molecule has 0 aromatic rings. The zero-order valence-corrected chi connectivity index (χ0v) is 8.60. The minimum atomic E-state index is 1.21. The summed E-state index contributed by atoms with van der Waals surface area (Å²) in [5.41, 5.74) is 1.44. The Labute approximate surface area is 77.4 Å². The van der Waals surface area contributed by atoms with Gasteiger partial charge in [-0.05, 0) is 19.3 Å². The fourth-order valence-electron chi connectivity index (χ4n) is 1.16. The van der Waals surface area contributed by atoms with Crippen LogP contribution in [-0.2, 0) is 0 Å². The van der Waals surface area contributed by atoms with E-state index in [2.05, 4.69) is 26.5 Å². The molecule has 0 N–H and O–H groups in total. The average Bonchev–Trinajstić information content (AvgIpc) is 2.11. The molecule has 0 spiro atoms. The second-order valence-corrected chi connectivity index (χ2v) is 3.23. The third kappa shape index (κ3) is 6.21. The van der Waals surface area contributed by atoms with E-state index in [1.165, 1.54) is 44.1 Å². The highest BCUT2D eigenvalue weighted by Crippen LogP contribution is 2.10. The highest BCUT2D eigenvalue weighted by molar-refractivity contribution is 5.15. The van der Waals surface area contributed by atoms with E-state index in [1.54, 1.807) is 0 Å². The van der Waals surface area contributed by atoms with Crippen LogP contribution in [-0.4, -0.2) is 0 Å². The third-order valence-electron chi connectivity index (χ3n) is 2.05.